The zero-order valence-corrected chi connectivity index (χ0v) is 18.8. The van der Waals surface area contributed by atoms with Crippen LogP contribution in [-0.2, 0) is 22.5 Å². The van der Waals surface area contributed by atoms with Crippen molar-refractivity contribution in [2.45, 2.75) is 26.2 Å². The fourth-order valence-corrected chi connectivity index (χ4v) is 3.89. The first-order valence-electron chi connectivity index (χ1n) is 9.47. The fraction of sp³-hybridized carbons (Fsp3) is 0.318. The molecule has 160 valence electrons. The van der Waals surface area contributed by atoms with Crippen LogP contribution in [-0.4, -0.2) is 32.3 Å². The average Bonchev–Trinajstić information content (AvgIpc) is 2.97. The predicted octanol–water partition coefficient (Wildman–Crippen LogP) is 4.11. The largest absolute Gasteiger partial charge is 0.492 e. The molecule has 0 fully saturated rings. The monoisotopic (exact) mass is 429 g/mol. The molecule has 2 aromatic carbocycles. The maximum Gasteiger partial charge on any atom is 0.272 e. The molecule has 0 saturated heterocycles. The summed E-state index contributed by atoms with van der Waals surface area (Å²) in [7, 11) is -0.274. The number of amides is 1. The van der Waals surface area contributed by atoms with Gasteiger partial charge in [-0.05, 0) is 35.2 Å². The number of sulfonamides is 1. The smallest absolute Gasteiger partial charge is 0.272 e. The maximum atomic E-state index is 13.1. The Balaban J connectivity index is 2.10. The highest BCUT2D eigenvalue weighted by atomic mass is 32.2. The molecule has 30 heavy (non-hydrogen) atoms. The first-order chi connectivity index (χ1) is 13.9. The first-order valence-corrected chi connectivity index (χ1v) is 11.4. The van der Waals surface area contributed by atoms with E-state index >= 15 is 0 Å². The van der Waals surface area contributed by atoms with Crippen molar-refractivity contribution in [1.82, 2.24) is 4.57 Å². The van der Waals surface area contributed by atoms with E-state index in [1.165, 1.54) is 7.11 Å². The van der Waals surface area contributed by atoms with E-state index in [2.05, 4.69) is 10.0 Å². The molecule has 0 aliphatic heterocycles. The second kappa shape index (κ2) is 7.68. The van der Waals surface area contributed by atoms with E-state index in [4.69, 9.17) is 4.74 Å². The van der Waals surface area contributed by atoms with Crippen molar-refractivity contribution >= 4 is 38.2 Å². The van der Waals surface area contributed by atoms with Crippen LogP contribution in [0.4, 0.5) is 11.4 Å². The van der Waals surface area contributed by atoms with Gasteiger partial charge in [-0.3, -0.25) is 9.52 Å². The second-order valence-corrected chi connectivity index (χ2v) is 10.1. The van der Waals surface area contributed by atoms with Crippen LogP contribution in [0.15, 0.2) is 42.5 Å². The molecule has 0 bridgehead atoms. The number of nitrogens with one attached hydrogen (secondary N) is 2. The van der Waals surface area contributed by atoms with Crippen molar-refractivity contribution in [3.8, 4) is 5.75 Å². The van der Waals surface area contributed by atoms with Gasteiger partial charge in [-0.15, -0.1) is 0 Å². The van der Waals surface area contributed by atoms with Crippen molar-refractivity contribution in [2.24, 2.45) is 7.05 Å². The third-order valence-electron chi connectivity index (χ3n) is 4.89. The van der Waals surface area contributed by atoms with Crippen molar-refractivity contribution in [1.29, 1.82) is 0 Å². The lowest BCUT2D eigenvalue weighted by molar-refractivity contribution is 0.101. The van der Waals surface area contributed by atoms with E-state index in [1.807, 2.05) is 68.8 Å². The van der Waals surface area contributed by atoms with Crippen molar-refractivity contribution in [3.05, 3.63) is 53.7 Å². The van der Waals surface area contributed by atoms with Gasteiger partial charge in [0, 0.05) is 18.0 Å². The molecule has 3 rings (SSSR count). The Hall–Kier alpha value is -3.00. The summed E-state index contributed by atoms with van der Waals surface area (Å²) in [5.74, 6) is -0.0658. The van der Waals surface area contributed by atoms with Gasteiger partial charge in [0.25, 0.3) is 5.91 Å². The van der Waals surface area contributed by atoms with Gasteiger partial charge < -0.3 is 14.6 Å². The van der Waals surface area contributed by atoms with Crippen LogP contribution in [0.25, 0.3) is 10.9 Å². The number of methoxy groups -OCH3 is 1. The number of para-hydroxylation sites is 1. The van der Waals surface area contributed by atoms with E-state index in [0.717, 1.165) is 22.7 Å². The normalized spacial score (nSPS) is 12.1. The number of nitrogens with zero attached hydrogens (tertiary/aromatic N) is 1. The summed E-state index contributed by atoms with van der Waals surface area (Å²) in [6.07, 6.45) is 1.07. The second-order valence-electron chi connectivity index (χ2n) is 8.33. The number of aromatic nitrogens is 1. The first kappa shape index (κ1) is 21.7. The lowest BCUT2D eigenvalue weighted by atomic mass is 9.86. The van der Waals surface area contributed by atoms with E-state index in [-0.39, 0.29) is 22.8 Å². The van der Waals surface area contributed by atoms with Crippen LogP contribution in [0.3, 0.4) is 0 Å². The van der Waals surface area contributed by atoms with Crippen LogP contribution in [0.2, 0.25) is 0 Å². The van der Waals surface area contributed by atoms with Crippen molar-refractivity contribution in [3.63, 3.8) is 0 Å². The molecule has 1 heterocycles. The number of anilines is 2. The number of hydrogen-bond donors (Lipinski definition) is 2. The van der Waals surface area contributed by atoms with Gasteiger partial charge in [-0.1, -0.05) is 39.0 Å². The Kier molecular flexibility index (Phi) is 5.56. The van der Waals surface area contributed by atoms with E-state index in [0.29, 0.717) is 11.4 Å². The summed E-state index contributed by atoms with van der Waals surface area (Å²) in [4.78, 5) is 13.1. The number of carbonyl (C=O) groups is 1. The number of hydrogen-bond acceptors (Lipinski definition) is 4. The number of rotatable bonds is 5. The summed E-state index contributed by atoms with van der Waals surface area (Å²) in [5, 5.41) is 3.86. The van der Waals surface area contributed by atoms with E-state index < -0.39 is 10.0 Å². The molecule has 0 aliphatic rings. The van der Waals surface area contributed by atoms with Gasteiger partial charge in [0.2, 0.25) is 10.0 Å². The Morgan fingerprint density at radius 1 is 1.07 bits per heavy atom. The Labute approximate surface area is 177 Å². The topological polar surface area (TPSA) is 89.4 Å². The summed E-state index contributed by atoms with van der Waals surface area (Å²) in [6.45, 7) is 6.03. The third kappa shape index (κ3) is 4.43. The minimum atomic E-state index is -3.54. The molecule has 0 unspecified atom stereocenters. The Morgan fingerprint density at radius 2 is 1.70 bits per heavy atom. The molecule has 0 radical (unpaired) electrons. The molecule has 2 N–H and O–H groups in total. The lowest BCUT2D eigenvalue weighted by Gasteiger charge is -2.24. The molecule has 1 aromatic heterocycles. The van der Waals surface area contributed by atoms with Gasteiger partial charge in [0.15, 0.2) is 5.75 Å². The van der Waals surface area contributed by atoms with Crippen LogP contribution >= 0.6 is 0 Å². The highest BCUT2D eigenvalue weighted by Gasteiger charge is 2.23. The quantitative estimate of drug-likeness (QED) is 0.639. The third-order valence-corrected chi connectivity index (χ3v) is 5.48. The molecular weight excluding hydrogens is 402 g/mol. The zero-order valence-electron chi connectivity index (χ0n) is 18.0. The summed E-state index contributed by atoms with van der Waals surface area (Å²) in [6, 6.07) is 13.1. The van der Waals surface area contributed by atoms with E-state index in [9.17, 15) is 13.2 Å². The molecule has 0 aliphatic carbocycles. The highest BCUT2D eigenvalue weighted by molar-refractivity contribution is 7.92. The molecule has 0 atom stereocenters. The van der Waals surface area contributed by atoms with Gasteiger partial charge in [-0.25, -0.2) is 8.42 Å². The van der Waals surface area contributed by atoms with Gasteiger partial charge >= 0.3 is 0 Å². The van der Waals surface area contributed by atoms with Crippen molar-refractivity contribution < 1.29 is 17.9 Å². The molecule has 3 aromatic rings. The van der Waals surface area contributed by atoms with Crippen LogP contribution < -0.4 is 14.8 Å². The molecule has 1 amide bonds. The lowest BCUT2D eigenvalue weighted by Crippen LogP contribution is -2.19. The minimum absolute atomic E-state index is 0.250. The van der Waals surface area contributed by atoms with Crippen molar-refractivity contribution in [2.75, 3.05) is 23.4 Å². The molecule has 0 spiro atoms. The Bertz CT molecular complexity index is 1220. The summed E-state index contributed by atoms with van der Waals surface area (Å²) < 4.78 is 33.5. The molecule has 7 nitrogen and oxygen atoms in total. The molecule has 0 saturated carbocycles. The Morgan fingerprint density at radius 3 is 2.27 bits per heavy atom. The number of benzene rings is 2. The summed E-state index contributed by atoms with van der Waals surface area (Å²) in [5.41, 5.74) is 2.67. The average molecular weight is 430 g/mol. The fourth-order valence-electron chi connectivity index (χ4n) is 3.34. The van der Waals surface area contributed by atoms with Gasteiger partial charge in [0.1, 0.15) is 5.69 Å². The number of ether oxygens (including phenoxy) is 1. The van der Waals surface area contributed by atoms with E-state index in [1.54, 1.807) is 6.07 Å². The molecular formula is C22H27N3O4S. The zero-order chi connectivity index (χ0) is 22.3. The van der Waals surface area contributed by atoms with Crippen LogP contribution in [0, 0.1) is 0 Å². The predicted molar refractivity (Wildman–Crippen MR) is 121 cm³/mol. The maximum absolute atomic E-state index is 13.1. The highest BCUT2D eigenvalue weighted by Crippen LogP contribution is 2.39. The standard InChI is InChI=1S/C22H27N3O4S/c1-22(2,3)15-12-16(20(29-5)17(13-15)24-30(6,27)28)23-21(26)19-11-14-9-7-8-10-18(14)25(19)4/h7-13,24H,1-6H3,(H,23,26). The SMILES string of the molecule is COc1c(NC(=O)c2cc3ccccc3n2C)cc(C(C)(C)C)cc1NS(C)(=O)=O. The molecule has 8 heteroatoms. The van der Waals surface area contributed by atoms with Crippen LogP contribution in [0.5, 0.6) is 5.75 Å². The van der Waals surface area contributed by atoms with Gasteiger partial charge in [-0.2, -0.15) is 0 Å². The minimum Gasteiger partial charge on any atom is -0.492 e. The summed E-state index contributed by atoms with van der Waals surface area (Å²) >= 11 is 0. The van der Waals surface area contributed by atoms with Gasteiger partial charge in [0.05, 0.1) is 24.7 Å². The number of aryl methyl sites for hydroxylation is 1. The number of fused-ring (bicyclic) bond motifs is 1. The van der Waals surface area contributed by atoms with Crippen LogP contribution in [0.1, 0.15) is 36.8 Å². The number of carbonyl (C=O) groups excluding carboxylic acids is 1.